The average molecular weight is 567 g/mol. The van der Waals surface area contributed by atoms with Crippen molar-refractivity contribution in [2.45, 2.75) is 11.4 Å². The van der Waals surface area contributed by atoms with Crippen molar-refractivity contribution in [1.82, 2.24) is 15.3 Å². The Kier molecular flexibility index (Phi) is 9.15. The molecular weight excluding hydrogens is 536 g/mol. The van der Waals surface area contributed by atoms with Crippen molar-refractivity contribution >= 4 is 51.9 Å². The van der Waals surface area contributed by atoms with Gasteiger partial charge in [0.05, 0.1) is 31.8 Å². The summed E-state index contributed by atoms with van der Waals surface area (Å²) >= 11 is 1.37. The van der Waals surface area contributed by atoms with Gasteiger partial charge in [-0.2, -0.15) is 0 Å². The molecule has 0 saturated heterocycles. The van der Waals surface area contributed by atoms with Crippen molar-refractivity contribution in [3.8, 4) is 11.5 Å². The summed E-state index contributed by atoms with van der Waals surface area (Å²) in [6.45, 7) is 0.834. The fraction of sp³-hybridized carbons (Fsp3) is 0.129. The van der Waals surface area contributed by atoms with Crippen molar-refractivity contribution in [3.63, 3.8) is 0 Å². The molecule has 1 aromatic heterocycles. The molecule has 41 heavy (non-hydrogen) atoms. The molecule has 0 spiro atoms. The van der Waals surface area contributed by atoms with E-state index in [1.807, 2.05) is 91.0 Å². The van der Waals surface area contributed by atoms with Crippen molar-refractivity contribution in [2.24, 2.45) is 0 Å². The number of amides is 1. The van der Waals surface area contributed by atoms with E-state index in [1.54, 1.807) is 20.3 Å². The highest BCUT2D eigenvalue weighted by molar-refractivity contribution is 8.00. The van der Waals surface area contributed by atoms with Crippen molar-refractivity contribution in [1.29, 1.82) is 0 Å². The van der Waals surface area contributed by atoms with Gasteiger partial charge >= 0.3 is 0 Å². The molecule has 4 aromatic carbocycles. The van der Waals surface area contributed by atoms with Crippen LogP contribution < -0.4 is 30.1 Å². The van der Waals surface area contributed by atoms with Gasteiger partial charge in [0.15, 0.2) is 11.6 Å². The molecule has 0 bridgehead atoms. The van der Waals surface area contributed by atoms with E-state index in [0.717, 1.165) is 27.2 Å². The number of ether oxygens (including phenoxy) is 2. The Hall–Kier alpha value is -4.80. The number of benzene rings is 4. The summed E-state index contributed by atoms with van der Waals surface area (Å²) in [6, 6.07) is 30.8. The van der Waals surface area contributed by atoms with Gasteiger partial charge in [0.25, 0.3) is 0 Å². The molecule has 10 heteroatoms. The van der Waals surface area contributed by atoms with E-state index in [0.29, 0.717) is 35.4 Å². The summed E-state index contributed by atoms with van der Waals surface area (Å²) in [5.74, 6) is 2.28. The van der Waals surface area contributed by atoms with Crippen LogP contribution in [0.3, 0.4) is 0 Å². The summed E-state index contributed by atoms with van der Waals surface area (Å²) in [5, 5.41) is 9.47. The summed E-state index contributed by atoms with van der Waals surface area (Å²) in [7, 11) is 3.21. The predicted molar refractivity (Wildman–Crippen MR) is 165 cm³/mol. The van der Waals surface area contributed by atoms with Crippen molar-refractivity contribution in [2.75, 3.05) is 36.1 Å². The van der Waals surface area contributed by atoms with Gasteiger partial charge in [0.2, 0.25) is 5.91 Å². The topological polar surface area (TPSA) is 109 Å². The highest BCUT2D eigenvalue weighted by atomic mass is 32.2. The number of carbonyl (C=O) groups excluding carboxylic acids is 1. The van der Waals surface area contributed by atoms with E-state index >= 15 is 0 Å². The zero-order valence-corrected chi connectivity index (χ0v) is 23.5. The highest BCUT2D eigenvalue weighted by Gasteiger charge is 2.12. The Morgan fingerprint density at radius 2 is 1.44 bits per heavy atom. The zero-order valence-electron chi connectivity index (χ0n) is 22.7. The number of para-hydroxylation sites is 2. The first-order valence-electron chi connectivity index (χ1n) is 12.9. The number of fused-ring (bicyclic) bond motifs is 1. The molecule has 5 rings (SSSR count). The third kappa shape index (κ3) is 7.65. The first kappa shape index (κ1) is 27.8. The number of nitrogens with zero attached hydrogens (tertiary/aromatic N) is 2. The van der Waals surface area contributed by atoms with Crippen molar-refractivity contribution < 1.29 is 14.3 Å². The maximum Gasteiger partial charge on any atom is 0.238 e. The van der Waals surface area contributed by atoms with E-state index in [-0.39, 0.29) is 12.5 Å². The van der Waals surface area contributed by atoms with E-state index in [9.17, 15) is 4.79 Å². The van der Waals surface area contributed by atoms with Gasteiger partial charge in [-0.1, -0.05) is 48.5 Å². The maximum atomic E-state index is 12.5. The fourth-order valence-electron chi connectivity index (χ4n) is 4.04. The van der Waals surface area contributed by atoms with Crippen LogP contribution in [0.1, 0.15) is 5.56 Å². The Bertz CT molecular complexity index is 1610. The molecule has 5 aromatic rings. The number of methoxy groups -OCH3 is 2. The standard InChI is InChI=1S/C31H30N6O3S/c1-39-24-15-23(16-25(18-24)40-2)34-30-31(36-28-14-7-6-13-27(28)35-30)37-41-26-12-8-11-22(17-26)33-29(38)20-32-19-21-9-4-3-5-10-21/h3-18,32H,19-20H2,1-2H3,(H,33,38)(H,34,35)(H,36,37). The lowest BCUT2D eigenvalue weighted by Crippen LogP contribution is -2.27. The molecule has 1 amide bonds. The van der Waals surface area contributed by atoms with E-state index in [1.165, 1.54) is 11.9 Å². The smallest absolute Gasteiger partial charge is 0.238 e. The molecule has 0 radical (unpaired) electrons. The van der Waals surface area contributed by atoms with Crippen LogP contribution in [0.4, 0.5) is 23.0 Å². The lowest BCUT2D eigenvalue weighted by Gasteiger charge is -2.15. The molecule has 0 atom stereocenters. The Morgan fingerprint density at radius 1 is 0.756 bits per heavy atom. The second-order valence-corrected chi connectivity index (χ2v) is 9.88. The molecule has 1 heterocycles. The number of anilines is 4. The van der Waals surface area contributed by atoms with Gasteiger partial charge in [-0.25, -0.2) is 9.97 Å². The molecule has 0 aliphatic rings. The van der Waals surface area contributed by atoms with Crippen molar-refractivity contribution in [3.05, 3.63) is 103 Å². The van der Waals surface area contributed by atoms with Crippen LogP contribution >= 0.6 is 11.9 Å². The molecule has 0 aliphatic heterocycles. The van der Waals surface area contributed by atoms with Crippen LogP contribution in [0.5, 0.6) is 11.5 Å². The average Bonchev–Trinajstić information content (AvgIpc) is 3.00. The number of rotatable bonds is 12. The minimum atomic E-state index is -0.114. The second-order valence-electron chi connectivity index (χ2n) is 9.01. The van der Waals surface area contributed by atoms with Gasteiger partial charge in [0, 0.05) is 41.0 Å². The molecule has 0 saturated carbocycles. The second kappa shape index (κ2) is 13.5. The third-order valence-electron chi connectivity index (χ3n) is 6.03. The Morgan fingerprint density at radius 3 is 2.15 bits per heavy atom. The lowest BCUT2D eigenvalue weighted by molar-refractivity contribution is -0.115. The van der Waals surface area contributed by atoms with E-state index in [2.05, 4.69) is 20.7 Å². The monoisotopic (exact) mass is 566 g/mol. The molecular formula is C31H30N6O3S. The molecule has 0 unspecified atom stereocenters. The molecule has 4 N–H and O–H groups in total. The number of nitrogens with one attached hydrogen (secondary N) is 4. The minimum Gasteiger partial charge on any atom is -0.497 e. The van der Waals surface area contributed by atoms with Crippen LogP contribution in [0.2, 0.25) is 0 Å². The molecule has 9 nitrogen and oxygen atoms in total. The Labute approximate surface area is 242 Å². The Balaban J connectivity index is 1.28. The summed E-state index contributed by atoms with van der Waals surface area (Å²) in [5.41, 5.74) is 4.08. The van der Waals surface area contributed by atoms with E-state index < -0.39 is 0 Å². The largest absolute Gasteiger partial charge is 0.497 e. The zero-order chi connectivity index (χ0) is 28.4. The van der Waals surface area contributed by atoms with Gasteiger partial charge in [-0.15, -0.1) is 0 Å². The van der Waals surface area contributed by atoms with Crippen LogP contribution in [0, 0.1) is 0 Å². The van der Waals surface area contributed by atoms with Crippen LogP contribution in [0.15, 0.2) is 102 Å². The van der Waals surface area contributed by atoms with E-state index in [4.69, 9.17) is 19.4 Å². The van der Waals surface area contributed by atoms with Crippen LogP contribution in [-0.2, 0) is 11.3 Å². The SMILES string of the molecule is COc1cc(Nc2nc3ccccc3nc2NSc2cccc(NC(=O)CNCc3ccccc3)c2)cc(OC)c1. The quantitative estimate of drug-likeness (QED) is 0.131. The van der Waals surface area contributed by atoms with Gasteiger partial charge in [-0.3, -0.25) is 4.79 Å². The fourth-order valence-corrected chi connectivity index (χ4v) is 4.73. The van der Waals surface area contributed by atoms with Crippen LogP contribution in [0.25, 0.3) is 11.0 Å². The maximum absolute atomic E-state index is 12.5. The molecule has 0 fully saturated rings. The molecule has 208 valence electrons. The number of aromatic nitrogens is 2. The van der Waals surface area contributed by atoms with Gasteiger partial charge in [0.1, 0.15) is 11.5 Å². The van der Waals surface area contributed by atoms with Gasteiger partial charge in [-0.05, 0) is 47.8 Å². The predicted octanol–water partition coefficient (Wildman–Crippen LogP) is 6.24. The lowest BCUT2D eigenvalue weighted by atomic mass is 10.2. The minimum absolute atomic E-state index is 0.114. The number of carbonyl (C=O) groups is 1. The first-order chi connectivity index (χ1) is 20.1. The summed E-state index contributed by atoms with van der Waals surface area (Å²) in [4.78, 5) is 23.0. The van der Waals surface area contributed by atoms with Crippen LogP contribution in [-0.4, -0.2) is 36.6 Å². The highest BCUT2D eigenvalue weighted by Crippen LogP contribution is 2.32. The molecule has 0 aliphatic carbocycles. The normalized spacial score (nSPS) is 10.7. The number of hydrogen-bond donors (Lipinski definition) is 4. The number of hydrogen-bond acceptors (Lipinski definition) is 9. The summed E-state index contributed by atoms with van der Waals surface area (Å²) in [6.07, 6.45) is 0. The first-order valence-corrected chi connectivity index (χ1v) is 13.8. The van der Waals surface area contributed by atoms with Gasteiger partial charge < -0.3 is 30.1 Å². The third-order valence-corrected chi connectivity index (χ3v) is 6.81. The summed E-state index contributed by atoms with van der Waals surface area (Å²) < 4.78 is 14.1.